The van der Waals surface area contributed by atoms with Crippen molar-refractivity contribution in [3.8, 4) is 11.3 Å². The Morgan fingerprint density at radius 2 is 2.10 bits per heavy atom. The van der Waals surface area contributed by atoms with Crippen LogP contribution < -0.4 is 5.56 Å². The largest absolute Gasteiger partial charge is 0.337 e. The lowest BCUT2D eigenvalue weighted by atomic mass is 9.94. The number of nitrogens with one attached hydrogen (secondary N) is 1. The molecule has 146 valence electrons. The van der Waals surface area contributed by atoms with Gasteiger partial charge in [-0.05, 0) is 12.8 Å². The molecule has 0 radical (unpaired) electrons. The number of amides is 1. The third-order valence-electron chi connectivity index (χ3n) is 5.32. The molecule has 29 heavy (non-hydrogen) atoms. The number of nitrogens with zero attached hydrogens (tertiary/aromatic N) is 4. The summed E-state index contributed by atoms with van der Waals surface area (Å²) in [5.74, 6) is 0.0644. The summed E-state index contributed by atoms with van der Waals surface area (Å²) in [6.07, 6.45) is 5.16. The summed E-state index contributed by atoms with van der Waals surface area (Å²) in [7, 11) is 0. The third-order valence-corrected chi connectivity index (χ3v) is 6.16. The van der Waals surface area contributed by atoms with Crippen molar-refractivity contribution < 1.29 is 4.79 Å². The predicted molar refractivity (Wildman–Crippen MR) is 111 cm³/mol. The van der Waals surface area contributed by atoms with Crippen LogP contribution in [-0.2, 0) is 0 Å². The molecule has 5 rings (SSSR count). The highest BCUT2D eigenvalue weighted by atomic mass is 32.1. The van der Waals surface area contributed by atoms with Gasteiger partial charge in [-0.25, -0.2) is 9.97 Å². The molecule has 7 nitrogen and oxygen atoms in total. The Balaban J connectivity index is 1.42. The molecule has 1 saturated heterocycles. The summed E-state index contributed by atoms with van der Waals surface area (Å²) in [5.41, 5.74) is 3.09. The Hall–Kier alpha value is -3.26. The first-order valence-corrected chi connectivity index (χ1v) is 10.4. The van der Waals surface area contributed by atoms with E-state index in [4.69, 9.17) is 0 Å². The van der Waals surface area contributed by atoms with Crippen molar-refractivity contribution in [2.24, 2.45) is 0 Å². The maximum Gasteiger partial charge on any atom is 0.271 e. The molecule has 0 bridgehead atoms. The van der Waals surface area contributed by atoms with Gasteiger partial charge in [0, 0.05) is 42.2 Å². The highest BCUT2D eigenvalue weighted by molar-refractivity contribution is 7.15. The van der Waals surface area contributed by atoms with E-state index in [9.17, 15) is 9.59 Å². The van der Waals surface area contributed by atoms with Crippen molar-refractivity contribution in [3.05, 3.63) is 76.0 Å². The summed E-state index contributed by atoms with van der Waals surface area (Å²) >= 11 is 1.47. The van der Waals surface area contributed by atoms with E-state index in [1.165, 1.54) is 23.7 Å². The number of aromatic amines is 1. The molecular weight excluding hydrogens is 386 g/mol. The number of carbonyl (C=O) groups is 1. The van der Waals surface area contributed by atoms with Gasteiger partial charge >= 0.3 is 0 Å². The van der Waals surface area contributed by atoms with Gasteiger partial charge in [0.1, 0.15) is 5.69 Å². The minimum Gasteiger partial charge on any atom is -0.337 e. The van der Waals surface area contributed by atoms with Gasteiger partial charge in [0.25, 0.3) is 11.5 Å². The second-order valence-electron chi connectivity index (χ2n) is 7.19. The summed E-state index contributed by atoms with van der Waals surface area (Å²) in [6, 6.07) is 11.5. The predicted octanol–water partition coefficient (Wildman–Crippen LogP) is 3.17. The van der Waals surface area contributed by atoms with Crippen molar-refractivity contribution >= 4 is 22.2 Å². The van der Waals surface area contributed by atoms with Crippen LogP contribution in [0.1, 0.15) is 34.9 Å². The number of aromatic nitrogens is 4. The molecule has 4 heterocycles. The molecule has 0 spiro atoms. The van der Waals surface area contributed by atoms with E-state index in [0.717, 1.165) is 34.8 Å². The molecule has 1 fully saturated rings. The number of rotatable bonds is 3. The molecular formula is C21H19N5O2S. The zero-order valence-corrected chi connectivity index (χ0v) is 16.4. The molecule has 1 unspecified atom stereocenters. The SMILES string of the molecule is O=C(c1csc2nc(-c3ccccc3)cn12)N1CCCC(c2cc(=O)[nH]cn2)C1. The number of imidazole rings is 1. The smallest absolute Gasteiger partial charge is 0.271 e. The topological polar surface area (TPSA) is 83.4 Å². The molecule has 1 aromatic carbocycles. The van der Waals surface area contributed by atoms with Gasteiger partial charge in [0.05, 0.1) is 17.7 Å². The van der Waals surface area contributed by atoms with Gasteiger partial charge in [-0.1, -0.05) is 30.3 Å². The fourth-order valence-electron chi connectivity index (χ4n) is 3.86. The molecule has 0 aliphatic carbocycles. The number of benzene rings is 1. The van der Waals surface area contributed by atoms with Crippen LogP contribution in [0.25, 0.3) is 16.2 Å². The van der Waals surface area contributed by atoms with Gasteiger partial charge in [-0.2, -0.15) is 0 Å². The van der Waals surface area contributed by atoms with Crippen LogP contribution in [0.2, 0.25) is 0 Å². The first-order valence-electron chi connectivity index (χ1n) is 9.55. The molecule has 3 aromatic heterocycles. The van der Waals surface area contributed by atoms with Crippen LogP contribution in [0.5, 0.6) is 0 Å². The molecule has 4 aromatic rings. The normalized spacial score (nSPS) is 17.0. The molecule has 1 N–H and O–H groups in total. The third kappa shape index (κ3) is 3.36. The van der Waals surface area contributed by atoms with E-state index in [0.29, 0.717) is 18.8 Å². The number of hydrogen-bond donors (Lipinski definition) is 1. The number of likely N-dealkylation sites (tertiary alicyclic amines) is 1. The van der Waals surface area contributed by atoms with Gasteiger partial charge < -0.3 is 9.88 Å². The van der Waals surface area contributed by atoms with E-state index >= 15 is 0 Å². The van der Waals surface area contributed by atoms with Crippen LogP contribution in [0.15, 0.2) is 59.1 Å². The number of H-pyrrole nitrogens is 1. The number of piperidine rings is 1. The lowest BCUT2D eigenvalue weighted by Gasteiger charge is -2.32. The zero-order chi connectivity index (χ0) is 19.8. The molecule has 1 atom stereocenters. The molecule has 8 heteroatoms. The van der Waals surface area contributed by atoms with Crippen LogP contribution in [0.3, 0.4) is 0 Å². The number of fused-ring (bicyclic) bond motifs is 1. The van der Waals surface area contributed by atoms with E-state index in [2.05, 4.69) is 15.0 Å². The number of hydrogen-bond acceptors (Lipinski definition) is 5. The highest BCUT2D eigenvalue weighted by Crippen LogP contribution is 2.28. The van der Waals surface area contributed by atoms with E-state index in [-0.39, 0.29) is 17.4 Å². The standard InChI is InChI=1S/C21H19N5O2S/c27-19-9-16(22-13-23-19)15-7-4-8-25(10-15)20(28)18-12-29-21-24-17(11-26(18)21)14-5-2-1-3-6-14/h1-3,5-6,9,11-13,15H,4,7-8,10H2,(H,22,23,27). The molecule has 0 saturated carbocycles. The Labute approximate surface area is 170 Å². The van der Waals surface area contributed by atoms with Crippen molar-refractivity contribution in [1.82, 2.24) is 24.3 Å². The highest BCUT2D eigenvalue weighted by Gasteiger charge is 2.28. The zero-order valence-electron chi connectivity index (χ0n) is 15.6. The Morgan fingerprint density at radius 1 is 1.24 bits per heavy atom. The Kier molecular flexibility index (Phi) is 4.48. The van der Waals surface area contributed by atoms with Crippen molar-refractivity contribution in [1.29, 1.82) is 0 Å². The maximum absolute atomic E-state index is 13.3. The Bertz CT molecular complexity index is 1230. The molecule has 1 aliphatic heterocycles. The first-order chi connectivity index (χ1) is 14.2. The van der Waals surface area contributed by atoms with Crippen LogP contribution in [0.4, 0.5) is 0 Å². The van der Waals surface area contributed by atoms with Crippen molar-refractivity contribution in [2.45, 2.75) is 18.8 Å². The summed E-state index contributed by atoms with van der Waals surface area (Å²) in [6.45, 7) is 1.27. The maximum atomic E-state index is 13.3. The van der Waals surface area contributed by atoms with Gasteiger partial charge in [-0.15, -0.1) is 11.3 Å². The molecule has 1 amide bonds. The van der Waals surface area contributed by atoms with E-state index in [1.54, 1.807) is 0 Å². The fraction of sp³-hybridized carbons (Fsp3) is 0.238. The first kappa shape index (κ1) is 17.8. The van der Waals surface area contributed by atoms with E-state index in [1.807, 2.05) is 51.2 Å². The lowest BCUT2D eigenvalue weighted by molar-refractivity contribution is 0.0699. The average Bonchev–Trinajstić information content (AvgIpc) is 3.35. The van der Waals surface area contributed by atoms with Gasteiger partial charge in [-0.3, -0.25) is 14.0 Å². The second-order valence-corrected chi connectivity index (χ2v) is 8.03. The second kappa shape index (κ2) is 7.29. The minimum absolute atomic E-state index is 0.0113. The van der Waals surface area contributed by atoms with Crippen LogP contribution in [-0.4, -0.2) is 43.2 Å². The summed E-state index contributed by atoms with van der Waals surface area (Å²) in [4.78, 5) is 39.1. The quantitative estimate of drug-likeness (QED) is 0.568. The van der Waals surface area contributed by atoms with Crippen molar-refractivity contribution in [2.75, 3.05) is 13.1 Å². The van der Waals surface area contributed by atoms with Crippen LogP contribution in [0, 0.1) is 0 Å². The summed E-state index contributed by atoms with van der Waals surface area (Å²) < 4.78 is 1.88. The monoisotopic (exact) mass is 405 g/mol. The van der Waals surface area contributed by atoms with Crippen molar-refractivity contribution in [3.63, 3.8) is 0 Å². The molecule has 1 aliphatic rings. The number of carbonyl (C=O) groups excluding carboxylic acids is 1. The van der Waals surface area contributed by atoms with Gasteiger partial charge in [0.2, 0.25) is 0 Å². The minimum atomic E-state index is -0.162. The summed E-state index contributed by atoms with van der Waals surface area (Å²) in [5, 5.41) is 1.87. The van der Waals surface area contributed by atoms with Gasteiger partial charge in [0.15, 0.2) is 4.96 Å². The Morgan fingerprint density at radius 3 is 2.93 bits per heavy atom. The lowest BCUT2D eigenvalue weighted by Crippen LogP contribution is -2.40. The van der Waals surface area contributed by atoms with Crippen LogP contribution >= 0.6 is 11.3 Å². The average molecular weight is 405 g/mol. The van der Waals surface area contributed by atoms with E-state index < -0.39 is 0 Å². The fourth-order valence-corrected chi connectivity index (χ4v) is 4.70. The number of thiazole rings is 1.